The van der Waals surface area contributed by atoms with Gasteiger partial charge in [-0.25, -0.2) is 0 Å². The van der Waals surface area contributed by atoms with E-state index in [9.17, 15) is 9.59 Å². The van der Waals surface area contributed by atoms with Crippen LogP contribution >= 0.6 is 0 Å². The normalized spacial score (nSPS) is 12.6. The molecule has 0 heterocycles. The van der Waals surface area contributed by atoms with Gasteiger partial charge in [-0.15, -0.1) is 0 Å². The molecule has 0 spiro atoms. The lowest BCUT2D eigenvalue weighted by Gasteiger charge is -2.23. The van der Waals surface area contributed by atoms with E-state index in [1.54, 1.807) is 0 Å². The molecule has 1 atom stereocenters. The van der Waals surface area contributed by atoms with Gasteiger partial charge in [0.15, 0.2) is 6.61 Å². The largest absolute Gasteiger partial charge is 0.483 e. The Bertz CT molecular complexity index is 546. The summed E-state index contributed by atoms with van der Waals surface area (Å²) in [5.74, 6) is -0.867. The van der Waals surface area contributed by atoms with Gasteiger partial charge in [-0.3, -0.25) is 9.59 Å². The Labute approximate surface area is 131 Å². The van der Waals surface area contributed by atoms with E-state index in [0.717, 1.165) is 12.0 Å². The molecule has 1 amide bonds. The van der Waals surface area contributed by atoms with Crippen LogP contribution in [0.15, 0.2) is 18.2 Å². The Morgan fingerprint density at radius 2 is 1.95 bits per heavy atom. The second kappa shape index (κ2) is 7.29. The van der Waals surface area contributed by atoms with E-state index in [0.29, 0.717) is 5.75 Å². The number of hydrogen-bond acceptors (Lipinski definition) is 3. The average molecular weight is 307 g/mol. The van der Waals surface area contributed by atoms with E-state index < -0.39 is 17.9 Å². The lowest BCUT2D eigenvalue weighted by atomic mass is 9.85. The molecule has 5 heteroatoms. The predicted octanol–water partition coefficient (Wildman–Crippen LogP) is 2.51. The number of rotatable bonds is 6. The zero-order valence-corrected chi connectivity index (χ0v) is 13.9. The highest BCUT2D eigenvalue weighted by Crippen LogP contribution is 2.32. The number of carbonyl (C=O) groups excluding carboxylic acids is 1. The molecule has 0 aromatic heterocycles. The molecule has 0 aliphatic rings. The van der Waals surface area contributed by atoms with Crippen molar-refractivity contribution < 1.29 is 19.4 Å². The molecule has 0 saturated heterocycles. The molecule has 0 saturated carbocycles. The van der Waals surface area contributed by atoms with Crippen LogP contribution in [0.4, 0.5) is 0 Å². The van der Waals surface area contributed by atoms with Crippen LogP contribution in [-0.4, -0.2) is 29.6 Å². The Morgan fingerprint density at radius 3 is 2.45 bits per heavy atom. The molecule has 1 aromatic rings. The van der Waals surface area contributed by atoms with Crippen LogP contribution in [0.25, 0.3) is 0 Å². The maximum absolute atomic E-state index is 11.7. The van der Waals surface area contributed by atoms with Crippen molar-refractivity contribution in [2.75, 3.05) is 6.61 Å². The summed E-state index contributed by atoms with van der Waals surface area (Å²) in [5.41, 5.74) is 2.14. The highest BCUT2D eigenvalue weighted by atomic mass is 16.5. The highest BCUT2D eigenvalue weighted by Gasteiger charge is 2.20. The molecule has 5 nitrogen and oxygen atoms in total. The van der Waals surface area contributed by atoms with Crippen molar-refractivity contribution in [1.29, 1.82) is 0 Å². The molecular formula is C17H25NO4. The third-order valence-electron chi connectivity index (χ3n) is 3.37. The number of carbonyl (C=O) groups is 2. The summed E-state index contributed by atoms with van der Waals surface area (Å²) in [5, 5.41) is 11.1. The van der Waals surface area contributed by atoms with E-state index in [1.165, 1.54) is 12.5 Å². The molecule has 22 heavy (non-hydrogen) atoms. The fourth-order valence-electron chi connectivity index (χ4n) is 2.00. The second-order valence-corrected chi connectivity index (χ2v) is 6.35. The van der Waals surface area contributed by atoms with Crippen LogP contribution in [0, 0.1) is 0 Å². The minimum atomic E-state index is -1.07. The number of aliphatic carboxylic acids is 1. The number of aryl methyl sites for hydroxylation is 1. The highest BCUT2D eigenvalue weighted by molar-refractivity contribution is 5.84. The van der Waals surface area contributed by atoms with Crippen LogP contribution in [0.3, 0.4) is 0 Å². The van der Waals surface area contributed by atoms with Crippen molar-refractivity contribution in [3.05, 3.63) is 29.3 Å². The number of carboxylic acid groups (broad SMARTS) is 1. The molecule has 122 valence electrons. The first-order valence-electron chi connectivity index (χ1n) is 7.43. The molecule has 0 fully saturated rings. The topological polar surface area (TPSA) is 75.6 Å². The molecule has 0 aliphatic carbocycles. The number of ether oxygens (including phenoxy) is 1. The fraction of sp³-hybridized carbons (Fsp3) is 0.529. The van der Waals surface area contributed by atoms with Crippen LogP contribution in [0.5, 0.6) is 5.75 Å². The van der Waals surface area contributed by atoms with Gasteiger partial charge in [-0.05, 0) is 36.0 Å². The zero-order chi connectivity index (χ0) is 16.9. The molecule has 0 bridgehead atoms. The van der Waals surface area contributed by atoms with Crippen molar-refractivity contribution in [3.8, 4) is 5.75 Å². The fourth-order valence-corrected chi connectivity index (χ4v) is 2.00. The third-order valence-corrected chi connectivity index (χ3v) is 3.37. The number of amides is 1. The summed E-state index contributed by atoms with van der Waals surface area (Å²) < 4.78 is 5.60. The lowest BCUT2D eigenvalue weighted by molar-refractivity contribution is -0.141. The second-order valence-electron chi connectivity index (χ2n) is 6.35. The van der Waals surface area contributed by atoms with Crippen molar-refractivity contribution >= 4 is 11.9 Å². The summed E-state index contributed by atoms with van der Waals surface area (Å²) >= 11 is 0. The summed E-state index contributed by atoms with van der Waals surface area (Å²) in [6, 6.07) is 5.00. The van der Waals surface area contributed by atoms with E-state index in [2.05, 4.69) is 39.1 Å². The Kier molecular flexibility index (Phi) is 5.97. The summed E-state index contributed by atoms with van der Waals surface area (Å²) in [6.45, 7) is 9.55. The molecule has 1 aromatic carbocycles. The third kappa shape index (κ3) is 5.06. The number of nitrogens with one attached hydrogen (secondary N) is 1. The maximum Gasteiger partial charge on any atom is 0.325 e. The van der Waals surface area contributed by atoms with Gasteiger partial charge in [0.2, 0.25) is 0 Å². The Morgan fingerprint density at radius 1 is 1.32 bits per heavy atom. The quantitative estimate of drug-likeness (QED) is 0.846. The first-order chi connectivity index (χ1) is 10.1. The van der Waals surface area contributed by atoms with Gasteiger partial charge in [0.05, 0.1) is 0 Å². The van der Waals surface area contributed by atoms with Gasteiger partial charge in [-0.2, -0.15) is 0 Å². The van der Waals surface area contributed by atoms with Crippen molar-refractivity contribution in [3.63, 3.8) is 0 Å². The smallest absolute Gasteiger partial charge is 0.325 e. The first kappa shape index (κ1) is 18.0. The van der Waals surface area contributed by atoms with Gasteiger partial charge in [0, 0.05) is 0 Å². The van der Waals surface area contributed by atoms with E-state index in [1.807, 2.05) is 12.1 Å². The van der Waals surface area contributed by atoms with Gasteiger partial charge < -0.3 is 15.2 Å². The minimum Gasteiger partial charge on any atom is -0.483 e. The monoisotopic (exact) mass is 307 g/mol. The van der Waals surface area contributed by atoms with Crippen LogP contribution in [0.1, 0.15) is 45.7 Å². The van der Waals surface area contributed by atoms with E-state index in [-0.39, 0.29) is 12.0 Å². The molecule has 1 rings (SSSR count). The number of carboxylic acids is 1. The van der Waals surface area contributed by atoms with Gasteiger partial charge in [0.1, 0.15) is 11.8 Å². The van der Waals surface area contributed by atoms with Crippen LogP contribution < -0.4 is 10.1 Å². The van der Waals surface area contributed by atoms with Gasteiger partial charge >= 0.3 is 5.97 Å². The molecular weight excluding hydrogens is 282 g/mol. The summed E-state index contributed by atoms with van der Waals surface area (Å²) in [4.78, 5) is 22.4. The summed E-state index contributed by atoms with van der Waals surface area (Å²) in [6.07, 6.45) is 0.931. The Balaban J connectivity index is 2.81. The van der Waals surface area contributed by atoms with Crippen LogP contribution in [0.2, 0.25) is 0 Å². The first-order valence-corrected chi connectivity index (χ1v) is 7.43. The van der Waals surface area contributed by atoms with E-state index in [4.69, 9.17) is 9.84 Å². The van der Waals surface area contributed by atoms with Crippen molar-refractivity contribution in [2.45, 2.75) is 52.5 Å². The standard InChI is InChI=1S/C17H25NO4/c1-6-12-7-8-14(13(9-12)17(3,4)5)22-10-15(19)18-11(2)16(20)21/h7-9,11H,6,10H2,1-5H3,(H,18,19)(H,20,21)/t11-/m0/s1. The SMILES string of the molecule is CCc1ccc(OCC(=O)N[C@@H](C)C(=O)O)c(C(C)(C)C)c1. The molecule has 2 N–H and O–H groups in total. The lowest BCUT2D eigenvalue weighted by Crippen LogP contribution is -2.40. The van der Waals surface area contributed by atoms with Gasteiger partial charge in [0.25, 0.3) is 5.91 Å². The number of hydrogen-bond donors (Lipinski definition) is 2. The van der Waals surface area contributed by atoms with Gasteiger partial charge in [-0.1, -0.05) is 39.8 Å². The van der Waals surface area contributed by atoms with E-state index >= 15 is 0 Å². The number of benzene rings is 1. The zero-order valence-electron chi connectivity index (χ0n) is 13.9. The molecule has 0 aliphatic heterocycles. The van der Waals surface area contributed by atoms with Crippen molar-refractivity contribution in [2.24, 2.45) is 0 Å². The predicted molar refractivity (Wildman–Crippen MR) is 85.3 cm³/mol. The molecule has 0 radical (unpaired) electrons. The van der Waals surface area contributed by atoms with Crippen LogP contribution in [-0.2, 0) is 21.4 Å². The molecule has 0 unspecified atom stereocenters. The average Bonchev–Trinajstić information content (AvgIpc) is 2.43. The Hall–Kier alpha value is -2.04. The maximum atomic E-state index is 11.7. The minimum absolute atomic E-state index is 0.106. The summed E-state index contributed by atoms with van der Waals surface area (Å²) in [7, 11) is 0. The van der Waals surface area contributed by atoms with Crippen molar-refractivity contribution in [1.82, 2.24) is 5.32 Å².